The Morgan fingerprint density at radius 3 is 2.42 bits per heavy atom. The van der Waals surface area contributed by atoms with Gasteiger partial charge in [0.1, 0.15) is 0 Å². The number of hydrogen-bond donors (Lipinski definition) is 0. The van der Waals surface area contributed by atoms with Crippen LogP contribution < -0.4 is 0 Å². The van der Waals surface area contributed by atoms with Crippen molar-refractivity contribution in [2.24, 2.45) is 5.92 Å². The van der Waals surface area contributed by atoms with Crippen molar-refractivity contribution in [3.05, 3.63) is 35.9 Å². The van der Waals surface area contributed by atoms with Crippen LogP contribution in [0.15, 0.2) is 30.3 Å². The first-order valence-electron chi connectivity index (χ1n) is 7.36. The predicted octanol–water partition coefficient (Wildman–Crippen LogP) is 4.15. The normalized spacial score (nSPS) is 24.9. The topological polar surface area (TPSA) is 27.0 Å². The number of nitrogens with zero attached hydrogens (tertiary/aromatic N) is 2. The quantitative estimate of drug-likeness (QED) is 0.809. The molecule has 2 nitrogen and oxygen atoms in total. The van der Waals surface area contributed by atoms with Crippen molar-refractivity contribution in [2.75, 3.05) is 7.05 Å². The number of rotatable bonds is 4. The monoisotopic (exact) mass is 256 g/mol. The minimum absolute atomic E-state index is 0.240. The van der Waals surface area contributed by atoms with Crippen molar-refractivity contribution in [3.8, 4) is 6.07 Å². The molecule has 19 heavy (non-hydrogen) atoms. The van der Waals surface area contributed by atoms with Gasteiger partial charge in [0.25, 0.3) is 0 Å². The molecule has 1 atom stereocenters. The first-order chi connectivity index (χ1) is 9.22. The number of benzene rings is 1. The van der Waals surface area contributed by atoms with Crippen LogP contribution in [0.3, 0.4) is 0 Å². The largest absolute Gasteiger partial charge is 0.295 e. The molecule has 0 spiro atoms. The fraction of sp³-hybridized carbons (Fsp3) is 0.588. The molecule has 1 saturated carbocycles. The van der Waals surface area contributed by atoms with Gasteiger partial charge in [0.05, 0.1) is 12.5 Å². The number of nitriles is 1. The molecule has 0 amide bonds. The first kappa shape index (κ1) is 14.1. The maximum Gasteiger partial charge on any atom is 0.0641 e. The summed E-state index contributed by atoms with van der Waals surface area (Å²) in [6, 6.07) is 13.7. The summed E-state index contributed by atoms with van der Waals surface area (Å²) in [5.74, 6) is 0.871. The fourth-order valence-corrected chi connectivity index (χ4v) is 3.16. The van der Waals surface area contributed by atoms with Crippen LogP contribution in [0, 0.1) is 17.2 Å². The maximum atomic E-state index is 9.11. The van der Waals surface area contributed by atoms with Gasteiger partial charge in [-0.3, -0.25) is 4.90 Å². The van der Waals surface area contributed by atoms with E-state index in [0.717, 1.165) is 5.92 Å². The van der Waals surface area contributed by atoms with Gasteiger partial charge in [0.15, 0.2) is 0 Å². The molecule has 0 saturated heterocycles. The molecule has 0 aromatic heterocycles. The van der Waals surface area contributed by atoms with Crippen LogP contribution >= 0.6 is 0 Å². The van der Waals surface area contributed by atoms with Crippen LogP contribution in [0.2, 0.25) is 0 Å². The Balaban J connectivity index is 2.09. The summed E-state index contributed by atoms with van der Waals surface area (Å²) in [7, 11) is 2.19. The molecule has 2 rings (SSSR count). The summed E-state index contributed by atoms with van der Waals surface area (Å²) >= 11 is 0. The smallest absolute Gasteiger partial charge is 0.0641 e. The lowest BCUT2D eigenvalue weighted by Gasteiger charge is -2.38. The minimum Gasteiger partial charge on any atom is -0.295 e. The van der Waals surface area contributed by atoms with Crippen LogP contribution in [0.25, 0.3) is 0 Å². The van der Waals surface area contributed by atoms with E-state index < -0.39 is 0 Å². The average molecular weight is 256 g/mol. The van der Waals surface area contributed by atoms with Gasteiger partial charge in [-0.15, -0.1) is 0 Å². The van der Waals surface area contributed by atoms with Crippen LogP contribution in [-0.4, -0.2) is 18.0 Å². The third-order valence-corrected chi connectivity index (χ3v) is 4.52. The highest BCUT2D eigenvalue weighted by molar-refractivity contribution is 5.20. The van der Waals surface area contributed by atoms with Gasteiger partial charge in [-0.05, 0) is 44.2 Å². The number of hydrogen-bond acceptors (Lipinski definition) is 2. The van der Waals surface area contributed by atoms with Crippen LogP contribution in [0.4, 0.5) is 0 Å². The molecule has 1 aromatic rings. The summed E-state index contributed by atoms with van der Waals surface area (Å²) in [6.07, 6.45) is 5.76. The van der Waals surface area contributed by atoms with E-state index in [0.29, 0.717) is 12.5 Å². The molecule has 0 heterocycles. The second-order valence-electron chi connectivity index (χ2n) is 5.87. The molecule has 1 aliphatic carbocycles. The second kappa shape index (κ2) is 6.73. The Morgan fingerprint density at radius 1 is 1.21 bits per heavy atom. The highest BCUT2D eigenvalue weighted by Crippen LogP contribution is 2.32. The highest BCUT2D eigenvalue weighted by atomic mass is 15.2. The summed E-state index contributed by atoms with van der Waals surface area (Å²) < 4.78 is 0. The average Bonchev–Trinajstić information content (AvgIpc) is 2.46. The molecule has 1 aliphatic rings. The van der Waals surface area contributed by atoms with Crippen molar-refractivity contribution in [2.45, 2.75) is 51.1 Å². The Bertz CT molecular complexity index is 413. The van der Waals surface area contributed by atoms with Crippen molar-refractivity contribution in [1.82, 2.24) is 4.90 Å². The van der Waals surface area contributed by atoms with E-state index in [2.05, 4.69) is 49.2 Å². The second-order valence-corrected chi connectivity index (χ2v) is 5.87. The molecule has 0 bridgehead atoms. The third-order valence-electron chi connectivity index (χ3n) is 4.52. The SMILES string of the molecule is CC1CCC(N(C)C(CC#N)c2ccccc2)CC1. The minimum atomic E-state index is 0.240. The first-order valence-corrected chi connectivity index (χ1v) is 7.36. The van der Waals surface area contributed by atoms with E-state index in [-0.39, 0.29) is 6.04 Å². The van der Waals surface area contributed by atoms with Gasteiger partial charge in [0.2, 0.25) is 0 Å². The van der Waals surface area contributed by atoms with E-state index in [9.17, 15) is 0 Å². The lowest BCUT2D eigenvalue weighted by molar-refractivity contribution is 0.124. The molecule has 102 valence electrons. The zero-order valence-electron chi connectivity index (χ0n) is 12.0. The van der Waals surface area contributed by atoms with E-state index in [1.807, 2.05) is 6.07 Å². The van der Waals surface area contributed by atoms with E-state index >= 15 is 0 Å². The van der Waals surface area contributed by atoms with Gasteiger partial charge in [-0.1, -0.05) is 37.3 Å². The standard InChI is InChI=1S/C17H24N2/c1-14-8-10-16(11-9-14)19(2)17(12-13-18)15-6-4-3-5-7-15/h3-7,14,16-17H,8-12H2,1-2H3. The lowest BCUT2D eigenvalue weighted by Crippen LogP contribution is -2.37. The summed E-state index contributed by atoms with van der Waals surface area (Å²) in [6.45, 7) is 2.35. The van der Waals surface area contributed by atoms with E-state index in [1.165, 1.54) is 31.2 Å². The molecule has 1 unspecified atom stereocenters. The summed E-state index contributed by atoms with van der Waals surface area (Å²) in [4.78, 5) is 2.43. The Labute approximate surface area is 117 Å². The van der Waals surface area contributed by atoms with Gasteiger partial charge >= 0.3 is 0 Å². The van der Waals surface area contributed by atoms with E-state index in [4.69, 9.17) is 5.26 Å². The van der Waals surface area contributed by atoms with Gasteiger partial charge in [-0.2, -0.15) is 5.26 Å². The lowest BCUT2D eigenvalue weighted by atomic mass is 9.85. The molecular weight excluding hydrogens is 232 g/mol. The Hall–Kier alpha value is -1.33. The fourth-order valence-electron chi connectivity index (χ4n) is 3.16. The Kier molecular flexibility index (Phi) is 4.99. The zero-order valence-corrected chi connectivity index (χ0v) is 12.0. The molecule has 0 radical (unpaired) electrons. The Morgan fingerprint density at radius 2 is 1.84 bits per heavy atom. The molecule has 1 fully saturated rings. The van der Waals surface area contributed by atoms with Crippen molar-refractivity contribution in [3.63, 3.8) is 0 Å². The van der Waals surface area contributed by atoms with Crippen LogP contribution in [0.5, 0.6) is 0 Å². The summed E-state index contributed by atoms with van der Waals surface area (Å²) in [5.41, 5.74) is 1.27. The van der Waals surface area contributed by atoms with Crippen LogP contribution in [-0.2, 0) is 0 Å². The highest BCUT2D eigenvalue weighted by Gasteiger charge is 2.27. The van der Waals surface area contributed by atoms with Crippen molar-refractivity contribution >= 4 is 0 Å². The third kappa shape index (κ3) is 3.58. The van der Waals surface area contributed by atoms with Gasteiger partial charge in [-0.25, -0.2) is 0 Å². The van der Waals surface area contributed by atoms with E-state index in [1.54, 1.807) is 0 Å². The molecule has 0 N–H and O–H groups in total. The maximum absolute atomic E-state index is 9.11. The van der Waals surface area contributed by atoms with Gasteiger partial charge < -0.3 is 0 Å². The molecule has 2 heteroatoms. The molecule has 0 aliphatic heterocycles. The van der Waals surface area contributed by atoms with Crippen molar-refractivity contribution in [1.29, 1.82) is 5.26 Å². The molecule has 1 aromatic carbocycles. The summed E-state index contributed by atoms with van der Waals surface area (Å²) in [5, 5.41) is 9.11. The van der Waals surface area contributed by atoms with Crippen LogP contribution in [0.1, 0.15) is 50.6 Å². The zero-order chi connectivity index (χ0) is 13.7. The molecular formula is C17H24N2. The van der Waals surface area contributed by atoms with Crippen molar-refractivity contribution < 1.29 is 0 Å². The van der Waals surface area contributed by atoms with Gasteiger partial charge in [0, 0.05) is 12.1 Å². The predicted molar refractivity (Wildman–Crippen MR) is 78.6 cm³/mol.